The van der Waals surface area contributed by atoms with E-state index in [2.05, 4.69) is 19.2 Å². The van der Waals surface area contributed by atoms with E-state index in [0.717, 1.165) is 38.7 Å². The maximum Gasteiger partial charge on any atom is 0.323 e. The number of nitrogens with one attached hydrogen (secondary N) is 1. The van der Waals surface area contributed by atoms with Crippen molar-refractivity contribution in [2.75, 3.05) is 13.2 Å². The standard InChI is InChI=1S/C14H25NO3/c1-10-5-6-14(13(16)17,8-11(10)2)15-9-12-4-3-7-18-12/h10-12,15H,3-9H2,1-2H3,(H,16,17). The van der Waals surface area contributed by atoms with Crippen molar-refractivity contribution in [3.8, 4) is 0 Å². The van der Waals surface area contributed by atoms with Gasteiger partial charge in [0.05, 0.1) is 6.10 Å². The van der Waals surface area contributed by atoms with Gasteiger partial charge in [-0.1, -0.05) is 13.8 Å². The second-order valence-corrected chi connectivity index (χ2v) is 6.10. The van der Waals surface area contributed by atoms with Gasteiger partial charge in [0.1, 0.15) is 5.54 Å². The van der Waals surface area contributed by atoms with Crippen molar-refractivity contribution in [1.29, 1.82) is 0 Å². The highest BCUT2D eigenvalue weighted by molar-refractivity contribution is 5.79. The van der Waals surface area contributed by atoms with Gasteiger partial charge in [0.2, 0.25) is 0 Å². The summed E-state index contributed by atoms with van der Waals surface area (Å²) in [6.45, 7) is 5.87. The Kier molecular flexibility index (Phi) is 4.28. The van der Waals surface area contributed by atoms with Gasteiger partial charge < -0.3 is 9.84 Å². The molecular formula is C14H25NO3. The van der Waals surface area contributed by atoms with Gasteiger partial charge in [-0.05, 0) is 43.9 Å². The predicted molar refractivity (Wildman–Crippen MR) is 69.5 cm³/mol. The van der Waals surface area contributed by atoms with Gasteiger partial charge in [-0.3, -0.25) is 10.1 Å². The Labute approximate surface area is 109 Å². The molecule has 0 bridgehead atoms. The Morgan fingerprint density at radius 3 is 2.72 bits per heavy atom. The molecule has 1 saturated carbocycles. The number of ether oxygens (including phenoxy) is 1. The van der Waals surface area contributed by atoms with Crippen LogP contribution in [0.5, 0.6) is 0 Å². The van der Waals surface area contributed by atoms with Crippen LogP contribution in [0.25, 0.3) is 0 Å². The van der Waals surface area contributed by atoms with E-state index in [9.17, 15) is 9.90 Å². The summed E-state index contributed by atoms with van der Waals surface area (Å²) >= 11 is 0. The first-order chi connectivity index (χ1) is 8.53. The third-order valence-electron chi connectivity index (χ3n) is 4.77. The van der Waals surface area contributed by atoms with Crippen LogP contribution in [-0.2, 0) is 9.53 Å². The summed E-state index contributed by atoms with van der Waals surface area (Å²) in [7, 11) is 0. The maximum absolute atomic E-state index is 11.6. The number of carbonyl (C=O) groups is 1. The molecular weight excluding hydrogens is 230 g/mol. The highest BCUT2D eigenvalue weighted by atomic mass is 16.5. The minimum atomic E-state index is -0.724. The molecule has 4 nitrogen and oxygen atoms in total. The minimum absolute atomic E-state index is 0.205. The van der Waals surface area contributed by atoms with Crippen molar-refractivity contribution < 1.29 is 14.6 Å². The molecule has 1 heterocycles. The maximum atomic E-state index is 11.6. The molecule has 0 amide bonds. The van der Waals surface area contributed by atoms with Gasteiger partial charge >= 0.3 is 5.97 Å². The van der Waals surface area contributed by atoms with Crippen LogP contribution in [0.2, 0.25) is 0 Å². The van der Waals surface area contributed by atoms with Crippen molar-refractivity contribution in [2.24, 2.45) is 11.8 Å². The Morgan fingerprint density at radius 2 is 2.17 bits per heavy atom. The molecule has 2 N–H and O–H groups in total. The normalized spacial score (nSPS) is 40.9. The summed E-state index contributed by atoms with van der Waals surface area (Å²) < 4.78 is 5.56. The van der Waals surface area contributed by atoms with E-state index in [1.807, 2.05) is 0 Å². The Hall–Kier alpha value is -0.610. The number of hydrogen-bond acceptors (Lipinski definition) is 3. The topological polar surface area (TPSA) is 58.6 Å². The summed E-state index contributed by atoms with van der Waals surface area (Å²) in [6.07, 6.45) is 4.81. The predicted octanol–water partition coefficient (Wildman–Crippen LogP) is 2.03. The second kappa shape index (κ2) is 5.57. The van der Waals surface area contributed by atoms with Gasteiger partial charge in [0.25, 0.3) is 0 Å². The molecule has 2 rings (SSSR count). The van der Waals surface area contributed by atoms with E-state index in [-0.39, 0.29) is 6.10 Å². The van der Waals surface area contributed by atoms with Crippen LogP contribution in [-0.4, -0.2) is 35.9 Å². The van der Waals surface area contributed by atoms with Crippen molar-refractivity contribution in [3.05, 3.63) is 0 Å². The molecule has 0 radical (unpaired) electrons. The zero-order valence-electron chi connectivity index (χ0n) is 11.4. The van der Waals surface area contributed by atoms with Crippen LogP contribution in [0.1, 0.15) is 46.0 Å². The average Bonchev–Trinajstić information content (AvgIpc) is 2.84. The molecule has 1 aliphatic heterocycles. The molecule has 18 heavy (non-hydrogen) atoms. The van der Waals surface area contributed by atoms with Gasteiger partial charge in [0, 0.05) is 13.2 Å². The van der Waals surface area contributed by atoms with Crippen molar-refractivity contribution in [1.82, 2.24) is 5.32 Å². The fraction of sp³-hybridized carbons (Fsp3) is 0.929. The van der Waals surface area contributed by atoms with Crippen LogP contribution in [0, 0.1) is 11.8 Å². The third-order valence-corrected chi connectivity index (χ3v) is 4.77. The van der Waals surface area contributed by atoms with E-state index in [0.29, 0.717) is 18.4 Å². The van der Waals surface area contributed by atoms with E-state index in [4.69, 9.17) is 4.74 Å². The smallest absolute Gasteiger partial charge is 0.323 e. The van der Waals surface area contributed by atoms with E-state index < -0.39 is 11.5 Å². The molecule has 1 aliphatic carbocycles. The van der Waals surface area contributed by atoms with Crippen molar-refractivity contribution in [2.45, 2.75) is 57.6 Å². The van der Waals surface area contributed by atoms with Gasteiger partial charge in [-0.15, -0.1) is 0 Å². The van der Waals surface area contributed by atoms with E-state index in [1.54, 1.807) is 0 Å². The molecule has 1 saturated heterocycles. The zero-order valence-corrected chi connectivity index (χ0v) is 11.4. The van der Waals surface area contributed by atoms with Gasteiger partial charge in [-0.25, -0.2) is 0 Å². The summed E-state index contributed by atoms with van der Waals surface area (Å²) in [4.78, 5) is 11.6. The lowest BCUT2D eigenvalue weighted by atomic mass is 9.71. The van der Waals surface area contributed by atoms with Crippen molar-refractivity contribution >= 4 is 5.97 Å². The quantitative estimate of drug-likeness (QED) is 0.807. The SMILES string of the molecule is CC1CCC(NCC2CCCO2)(C(=O)O)CC1C. The first-order valence-electron chi connectivity index (χ1n) is 7.13. The lowest BCUT2D eigenvalue weighted by molar-refractivity contribution is -0.148. The summed E-state index contributed by atoms with van der Waals surface area (Å²) in [5, 5.41) is 12.9. The monoisotopic (exact) mass is 255 g/mol. The molecule has 0 aromatic carbocycles. The Bertz CT molecular complexity index is 301. The summed E-state index contributed by atoms with van der Waals surface area (Å²) in [5.41, 5.74) is -0.724. The largest absolute Gasteiger partial charge is 0.480 e. The van der Waals surface area contributed by atoms with E-state index in [1.165, 1.54) is 0 Å². The van der Waals surface area contributed by atoms with E-state index >= 15 is 0 Å². The minimum Gasteiger partial charge on any atom is -0.480 e. The molecule has 0 spiro atoms. The lowest BCUT2D eigenvalue weighted by Gasteiger charge is -2.40. The summed E-state index contributed by atoms with van der Waals surface area (Å²) in [6, 6.07) is 0. The van der Waals surface area contributed by atoms with Crippen LogP contribution in [0.3, 0.4) is 0 Å². The molecule has 104 valence electrons. The number of aliphatic carboxylic acids is 1. The average molecular weight is 255 g/mol. The fourth-order valence-electron chi connectivity index (χ4n) is 3.16. The van der Waals surface area contributed by atoms with Crippen LogP contribution in [0.4, 0.5) is 0 Å². The zero-order chi connectivity index (χ0) is 13.2. The molecule has 2 aliphatic rings. The fourth-order valence-corrected chi connectivity index (χ4v) is 3.16. The first-order valence-corrected chi connectivity index (χ1v) is 7.13. The number of carboxylic acids is 1. The highest BCUT2D eigenvalue weighted by Gasteiger charge is 2.44. The molecule has 4 heteroatoms. The molecule has 4 unspecified atom stereocenters. The number of hydrogen-bond donors (Lipinski definition) is 2. The molecule has 4 atom stereocenters. The molecule has 0 aromatic heterocycles. The summed E-state index contributed by atoms with van der Waals surface area (Å²) in [5.74, 6) is 0.396. The van der Waals surface area contributed by atoms with Crippen LogP contribution < -0.4 is 5.32 Å². The van der Waals surface area contributed by atoms with Crippen molar-refractivity contribution in [3.63, 3.8) is 0 Å². The molecule has 2 fully saturated rings. The van der Waals surface area contributed by atoms with Crippen LogP contribution in [0.15, 0.2) is 0 Å². The van der Waals surface area contributed by atoms with Gasteiger partial charge in [-0.2, -0.15) is 0 Å². The number of rotatable bonds is 4. The highest BCUT2D eigenvalue weighted by Crippen LogP contribution is 2.36. The first kappa shape index (κ1) is 13.8. The molecule has 0 aromatic rings. The lowest BCUT2D eigenvalue weighted by Crippen LogP contribution is -2.57. The third kappa shape index (κ3) is 2.86. The number of carboxylic acid groups (broad SMARTS) is 1. The van der Waals surface area contributed by atoms with Crippen LogP contribution >= 0.6 is 0 Å². The second-order valence-electron chi connectivity index (χ2n) is 6.10. The Balaban J connectivity index is 1.96. The Morgan fingerprint density at radius 1 is 1.39 bits per heavy atom. The van der Waals surface area contributed by atoms with Gasteiger partial charge in [0.15, 0.2) is 0 Å².